The topological polar surface area (TPSA) is 26.0 Å². The molecule has 1 saturated carbocycles. The van der Waals surface area contributed by atoms with Crippen molar-refractivity contribution in [3.05, 3.63) is 69.9 Å². The molecule has 0 heterocycles. The summed E-state index contributed by atoms with van der Waals surface area (Å²) in [6.45, 7) is 0. The van der Waals surface area contributed by atoms with E-state index in [1.54, 1.807) is 0 Å². The molecule has 20 heavy (non-hydrogen) atoms. The molecular formula is C17H17BrFN. The Morgan fingerprint density at radius 2 is 1.95 bits per heavy atom. The van der Waals surface area contributed by atoms with Gasteiger partial charge in [-0.1, -0.05) is 52.3 Å². The molecule has 0 radical (unpaired) electrons. The Balaban J connectivity index is 1.65. The lowest BCUT2D eigenvalue weighted by atomic mass is 9.99. The molecule has 1 aliphatic rings. The zero-order valence-electron chi connectivity index (χ0n) is 11.1. The number of hydrogen-bond donors (Lipinski definition) is 1. The van der Waals surface area contributed by atoms with Crippen molar-refractivity contribution in [3.8, 4) is 0 Å². The molecule has 3 rings (SSSR count). The van der Waals surface area contributed by atoms with E-state index in [9.17, 15) is 4.39 Å². The summed E-state index contributed by atoms with van der Waals surface area (Å²) in [6, 6.07) is 15.5. The Morgan fingerprint density at radius 1 is 1.20 bits per heavy atom. The van der Waals surface area contributed by atoms with Gasteiger partial charge in [-0.05, 0) is 47.9 Å². The lowest BCUT2D eigenvalue weighted by Crippen LogP contribution is -2.26. The third kappa shape index (κ3) is 2.94. The summed E-state index contributed by atoms with van der Waals surface area (Å²) in [5.41, 5.74) is 8.79. The summed E-state index contributed by atoms with van der Waals surface area (Å²) in [5, 5.41) is 0. The molecule has 2 aromatic carbocycles. The predicted octanol–water partition coefficient (Wildman–Crippen LogP) is 4.26. The van der Waals surface area contributed by atoms with Gasteiger partial charge in [0, 0.05) is 10.5 Å². The number of nitrogens with two attached hydrogens (primary N) is 1. The van der Waals surface area contributed by atoms with E-state index in [4.69, 9.17) is 5.73 Å². The summed E-state index contributed by atoms with van der Waals surface area (Å²) < 4.78 is 13.9. The molecule has 0 aliphatic heterocycles. The van der Waals surface area contributed by atoms with Crippen LogP contribution in [-0.4, -0.2) is 6.04 Å². The third-order valence-corrected chi connectivity index (χ3v) is 4.83. The Morgan fingerprint density at radius 3 is 2.65 bits per heavy atom. The maximum absolute atomic E-state index is 13.1. The molecule has 3 atom stereocenters. The molecule has 0 bridgehead atoms. The van der Waals surface area contributed by atoms with Gasteiger partial charge >= 0.3 is 0 Å². The van der Waals surface area contributed by atoms with Crippen molar-refractivity contribution in [2.45, 2.75) is 24.8 Å². The van der Waals surface area contributed by atoms with Gasteiger partial charge < -0.3 is 5.73 Å². The van der Waals surface area contributed by atoms with Crippen LogP contribution in [-0.2, 0) is 6.42 Å². The Bertz CT molecular complexity index is 599. The Labute approximate surface area is 127 Å². The molecule has 1 nitrogen and oxygen atoms in total. The van der Waals surface area contributed by atoms with E-state index in [0.29, 0.717) is 11.8 Å². The molecule has 1 aliphatic carbocycles. The lowest BCUT2D eigenvalue weighted by molar-refractivity contribution is 0.574. The van der Waals surface area contributed by atoms with Crippen LogP contribution < -0.4 is 5.73 Å². The van der Waals surface area contributed by atoms with Crippen molar-refractivity contribution < 1.29 is 4.39 Å². The van der Waals surface area contributed by atoms with E-state index >= 15 is 0 Å². The summed E-state index contributed by atoms with van der Waals surface area (Å²) in [5.74, 6) is 0.905. The van der Waals surface area contributed by atoms with Crippen LogP contribution in [0.15, 0.2) is 53.0 Å². The fraction of sp³-hybridized carbons (Fsp3) is 0.294. The van der Waals surface area contributed by atoms with Gasteiger partial charge in [-0.2, -0.15) is 0 Å². The third-order valence-electron chi connectivity index (χ3n) is 4.09. The van der Waals surface area contributed by atoms with Crippen LogP contribution in [0.5, 0.6) is 0 Å². The largest absolute Gasteiger partial charge is 0.327 e. The molecule has 1 fully saturated rings. The first-order chi connectivity index (χ1) is 9.65. The number of benzene rings is 2. The average molecular weight is 334 g/mol. The van der Waals surface area contributed by atoms with E-state index in [2.05, 4.69) is 40.2 Å². The maximum Gasteiger partial charge on any atom is 0.124 e. The van der Waals surface area contributed by atoms with Crippen LogP contribution >= 0.6 is 15.9 Å². The van der Waals surface area contributed by atoms with Gasteiger partial charge in [0.2, 0.25) is 0 Å². The minimum Gasteiger partial charge on any atom is -0.327 e. The van der Waals surface area contributed by atoms with Crippen LogP contribution in [0.1, 0.15) is 23.5 Å². The molecule has 2 N–H and O–H groups in total. The first-order valence-electron chi connectivity index (χ1n) is 6.89. The normalized spacial score (nSPS) is 22.6. The highest BCUT2D eigenvalue weighted by atomic mass is 79.9. The van der Waals surface area contributed by atoms with Crippen LogP contribution in [0, 0.1) is 11.7 Å². The molecule has 104 valence electrons. The molecular weight excluding hydrogens is 317 g/mol. The molecule has 0 aromatic heterocycles. The van der Waals surface area contributed by atoms with E-state index in [1.807, 2.05) is 12.1 Å². The minimum absolute atomic E-state index is 0.127. The number of halogens is 2. The van der Waals surface area contributed by atoms with E-state index in [-0.39, 0.29) is 11.9 Å². The molecule has 2 aromatic rings. The number of hydrogen-bond acceptors (Lipinski definition) is 1. The summed E-state index contributed by atoms with van der Waals surface area (Å²) in [4.78, 5) is 0. The highest BCUT2D eigenvalue weighted by Crippen LogP contribution is 2.49. The minimum atomic E-state index is -0.220. The predicted molar refractivity (Wildman–Crippen MR) is 83.1 cm³/mol. The van der Waals surface area contributed by atoms with Gasteiger partial charge in [0.15, 0.2) is 0 Å². The Kier molecular flexibility index (Phi) is 3.90. The smallest absolute Gasteiger partial charge is 0.124 e. The van der Waals surface area contributed by atoms with E-state index in [1.165, 1.54) is 17.7 Å². The van der Waals surface area contributed by atoms with Crippen molar-refractivity contribution in [3.63, 3.8) is 0 Å². The van der Waals surface area contributed by atoms with E-state index < -0.39 is 0 Å². The van der Waals surface area contributed by atoms with Crippen molar-refractivity contribution in [2.24, 2.45) is 11.7 Å². The van der Waals surface area contributed by atoms with Gasteiger partial charge in [-0.25, -0.2) is 4.39 Å². The molecule has 0 amide bonds. The van der Waals surface area contributed by atoms with Crippen LogP contribution in [0.2, 0.25) is 0 Å². The quantitative estimate of drug-likeness (QED) is 0.888. The molecule has 0 saturated heterocycles. The maximum atomic E-state index is 13.1. The zero-order valence-corrected chi connectivity index (χ0v) is 12.7. The second-order valence-electron chi connectivity index (χ2n) is 5.52. The van der Waals surface area contributed by atoms with Gasteiger partial charge in [-0.3, -0.25) is 0 Å². The molecule has 0 spiro atoms. The first kappa shape index (κ1) is 13.8. The lowest BCUT2D eigenvalue weighted by Gasteiger charge is -2.13. The van der Waals surface area contributed by atoms with E-state index in [0.717, 1.165) is 22.9 Å². The van der Waals surface area contributed by atoms with Crippen molar-refractivity contribution in [2.75, 3.05) is 0 Å². The van der Waals surface area contributed by atoms with Crippen LogP contribution in [0.3, 0.4) is 0 Å². The van der Waals surface area contributed by atoms with Gasteiger partial charge in [0.25, 0.3) is 0 Å². The summed E-state index contributed by atoms with van der Waals surface area (Å²) in [7, 11) is 0. The van der Waals surface area contributed by atoms with Crippen LogP contribution in [0.4, 0.5) is 4.39 Å². The van der Waals surface area contributed by atoms with Crippen LogP contribution in [0.25, 0.3) is 0 Å². The summed E-state index contributed by atoms with van der Waals surface area (Å²) in [6.07, 6.45) is 1.94. The Hall–Kier alpha value is -1.19. The van der Waals surface area contributed by atoms with Gasteiger partial charge in [0.05, 0.1) is 0 Å². The monoisotopic (exact) mass is 333 g/mol. The molecule has 3 heteroatoms. The SMILES string of the molecule is NC(Cc1ccc(F)cc1Br)C1CC1c1ccccc1. The molecule has 3 unspecified atom stereocenters. The fourth-order valence-corrected chi connectivity index (χ4v) is 3.38. The highest BCUT2D eigenvalue weighted by Gasteiger charge is 2.42. The first-order valence-corrected chi connectivity index (χ1v) is 7.69. The van der Waals surface area contributed by atoms with Crippen molar-refractivity contribution in [1.29, 1.82) is 0 Å². The second kappa shape index (κ2) is 5.66. The zero-order chi connectivity index (χ0) is 14.1. The van der Waals surface area contributed by atoms with Crippen molar-refractivity contribution >= 4 is 15.9 Å². The van der Waals surface area contributed by atoms with Gasteiger partial charge in [0.1, 0.15) is 5.82 Å². The summed E-state index contributed by atoms with van der Waals surface area (Å²) >= 11 is 3.41. The second-order valence-corrected chi connectivity index (χ2v) is 6.37. The van der Waals surface area contributed by atoms with Gasteiger partial charge in [-0.15, -0.1) is 0 Å². The average Bonchev–Trinajstić information content (AvgIpc) is 3.23. The fourth-order valence-electron chi connectivity index (χ4n) is 2.86. The highest BCUT2D eigenvalue weighted by molar-refractivity contribution is 9.10. The standard InChI is InChI=1S/C17H17BrFN/c18-16-9-13(19)7-6-12(16)8-17(20)15-10-14(15)11-4-2-1-3-5-11/h1-7,9,14-15,17H,8,10,20H2. The number of rotatable bonds is 4. The van der Waals surface area contributed by atoms with Crippen molar-refractivity contribution in [1.82, 2.24) is 0 Å².